The molecule has 0 unspecified atom stereocenters. The minimum Gasteiger partial charge on any atom is -0.497 e. The van der Waals surface area contributed by atoms with Crippen LogP contribution in [-0.4, -0.2) is 23.0 Å². The van der Waals surface area contributed by atoms with E-state index in [-0.39, 0.29) is 5.91 Å². The van der Waals surface area contributed by atoms with Crippen LogP contribution in [0.3, 0.4) is 0 Å². The summed E-state index contributed by atoms with van der Waals surface area (Å²) >= 11 is 0. The fraction of sp³-hybridized carbons (Fsp3) is 0.414. The molecule has 2 aliphatic rings. The van der Waals surface area contributed by atoms with Crippen LogP contribution in [0.15, 0.2) is 48.5 Å². The van der Waals surface area contributed by atoms with Crippen LogP contribution in [0.5, 0.6) is 5.75 Å². The van der Waals surface area contributed by atoms with Crippen LogP contribution in [0, 0.1) is 5.92 Å². The molecule has 0 bridgehead atoms. The molecular weight excluding hydrogens is 422 g/mol. The van der Waals surface area contributed by atoms with Gasteiger partial charge < -0.3 is 10.1 Å². The number of aromatic nitrogens is 2. The second kappa shape index (κ2) is 10.4. The highest BCUT2D eigenvalue weighted by atomic mass is 16.5. The summed E-state index contributed by atoms with van der Waals surface area (Å²) in [7, 11) is 1.70. The molecule has 1 heterocycles. The van der Waals surface area contributed by atoms with Gasteiger partial charge in [0.05, 0.1) is 24.2 Å². The smallest absolute Gasteiger partial charge is 0.225 e. The number of nitrogens with one attached hydrogen (secondary N) is 1. The van der Waals surface area contributed by atoms with Crippen molar-refractivity contribution in [1.82, 2.24) is 9.97 Å². The van der Waals surface area contributed by atoms with Crippen molar-refractivity contribution in [3.8, 4) is 17.0 Å². The summed E-state index contributed by atoms with van der Waals surface area (Å²) in [5.41, 5.74) is 6.55. The summed E-state index contributed by atoms with van der Waals surface area (Å²) < 4.78 is 5.42. The van der Waals surface area contributed by atoms with E-state index in [0.717, 1.165) is 60.5 Å². The van der Waals surface area contributed by atoms with Crippen molar-refractivity contribution in [3.63, 3.8) is 0 Å². The lowest BCUT2D eigenvalue weighted by atomic mass is 9.91. The van der Waals surface area contributed by atoms with Crippen molar-refractivity contribution in [2.45, 2.75) is 64.2 Å². The fourth-order valence-electron chi connectivity index (χ4n) is 5.31. The van der Waals surface area contributed by atoms with E-state index in [2.05, 4.69) is 29.6 Å². The third kappa shape index (κ3) is 5.14. The van der Waals surface area contributed by atoms with Gasteiger partial charge >= 0.3 is 0 Å². The van der Waals surface area contributed by atoms with Gasteiger partial charge in [-0.05, 0) is 67.3 Å². The SMILES string of the molecule is COc1ccc2c(c1)CCc1nc(NC(=O)CCCc3ccccc3)c(CC3CCCC3)nc1-2. The van der Waals surface area contributed by atoms with Crippen molar-refractivity contribution in [2.24, 2.45) is 5.92 Å². The van der Waals surface area contributed by atoms with Gasteiger partial charge in [-0.3, -0.25) is 4.79 Å². The molecule has 5 nitrogen and oxygen atoms in total. The maximum absolute atomic E-state index is 12.8. The Bertz CT molecular complexity index is 1150. The summed E-state index contributed by atoms with van der Waals surface area (Å²) in [6, 6.07) is 16.5. The molecule has 3 aromatic rings. The molecule has 176 valence electrons. The Morgan fingerprint density at radius 2 is 1.88 bits per heavy atom. The summed E-state index contributed by atoms with van der Waals surface area (Å²) in [6.07, 6.45) is 9.85. The molecule has 0 spiro atoms. The highest BCUT2D eigenvalue weighted by Gasteiger charge is 2.25. The van der Waals surface area contributed by atoms with Gasteiger partial charge in [0.15, 0.2) is 5.82 Å². The first-order valence-electron chi connectivity index (χ1n) is 12.6. The van der Waals surface area contributed by atoms with E-state index in [4.69, 9.17) is 14.7 Å². The Labute approximate surface area is 202 Å². The summed E-state index contributed by atoms with van der Waals surface area (Å²) in [5.74, 6) is 2.20. The zero-order valence-corrected chi connectivity index (χ0v) is 20.0. The Morgan fingerprint density at radius 1 is 1.06 bits per heavy atom. The Morgan fingerprint density at radius 3 is 2.68 bits per heavy atom. The standard InChI is InChI=1S/C29H33N3O2/c1-34-23-15-16-24-22(19-23)14-17-25-28(24)30-26(18-21-10-5-6-11-21)29(31-25)32-27(33)13-7-12-20-8-3-2-4-9-20/h2-4,8-9,15-16,19,21H,5-7,10-14,17-18H2,1H3,(H,31,32,33). The molecule has 0 saturated heterocycles. The largest absolute Gasteiger partial charge is 0.497 e. The third-order valence-corrected chi connectivity index (χ3v) is 7.17. The number of nitrogens with zero attached hydrogens (tertiary/aromatic N) is 2. The topological polar surface area (TPSA) is 64.1 Å². The quantitative estimate of drug-likeness (QED) is 0.456. The van der Waals surface area contributed by atoms with Crippen molar-refractivity contribution in [2.75, 3.05) is 12.4 Å². The molecule has 5 heteroatoms. The van der Waals surface area contributed by atoms with Gasteiger partial charge in [0.25, 0.3) is 0 Å². The second-order valence-electron chi connectivity index (χ2n) is 9.58. The number of carbonyl (C=O) groups excluding carboxylic acids is 1. The minimum absolute atomic E-state index is 0.0267. The lowest BCUT2D eigenvalue weighted by molar-refractivity contribution is -0.116. The highest BCUT2D eigenvalue weighted by molar-refractivity contribution is 5.90. The van der Waals surface area contributed by atoms with E-state index in [0.29, 0.717) is 18.2 Å². The maximum Gasteiger partial charge on any atom is 0.225 e. The van der Waals surface area contributed by atoms with Gasteiger partial charge in [-0.15, -0.1) is 0 Å². The van der Waals surface area contributed by atoms with Crippen molar-refractivity contribution in [3.05, 3.63) is 71.0 Å². The number of methoxy groups -OCH3 is 1. The van der Waals surface area contributed by atoms with Crippen molar-refractivity contribution >= 4 is 11.7 Å². The summed E-state index contributed by atoms with van der Waals surface area (Å²) in [5, 5.41) is 3.13. The van der Waals surface area contributed by atoms with Crippen molar-refractivity contribution < 1.29 is 9.53 Å². The van der Waals surface area contributed by atoms with Gasteiger partial charge in [0.1, 0.15) is 5.75 Å². The number of aryl methyl sites for hydroxylation is 3. The number of carbonyl (C=O) groups is 1. The molecule has 1 N–H and O–H groups in total. The van der Waals surface area contributed by atoms with Crippen LogP contribution in [0.1, 0.15) is 61.0 Å². The molecule has 0 atom stereocenters. The molecule has 0 radical (unpaired) electrons. The van der Waals surface area contributed by atoms with Gasteiger partial charge in [-0.1, -0.05) is 56.0 Å². The molecule has 1 fully saturated rings. The van der Waals surface area contributed by atoms with Gasteiger partial charge in [0, 0.05) is 12.0 Å². The average Bonchev–Trinajstić information content (AvgIpc) is 3.38. The second-order valence-corrected chi connectivity index (χ2v) is 9.58. The molecule has 1 amide bonds. The molecule has 2 aliphatic carbocycles. The fourth-order valence-corrected chi connectivity index (χ4v) is 5.31. The number of hydrogen-bond donors (Lipinski definition) is 1. The van der Waals surface area contributed by atoms with E-state index < -0.39 is 0 Å². The lowest BCUT2D eigenvalue weighted by Gasteiger charge is -2.22. The zero-order chi connectivity index (χ0) is 23.3. The van der Waals surface area contributed by atoms with Crippen LogP contribution < -0.4 is 10.1 Å². The summed E-state index contributed by atoms with van der Waals surface area (Å²) in [6.45, 7) is 0. The Balaban J connectivity index is 1.36. The molecule has 1 saturated carbocycles. The first kappa shape index (κ1) is 22.6. The molecule has 0 aliphatic heterocycles. The first-order chi connectivity index (χ1) is 16.7. The van der Waals surface area contributed by atoms with Crippen LogP contribution in [-0.2, 0) is 30.5 Å². The third-order valence-electron chi connectivity index (χ3n) is 7.17. The van der Waals surface area contributed by atoms with E-state index in [1.54, 1.807) is 7.11 Å². The first-order valence-corrected chi connectivity index (χ1v) is 12.6. The van der Waals surface area contributed by atoms with E-state index in [1.807, 2.05) is 24.3 Å². The van der Waals surface area contributed by atoms with Crippen LogP contribution in [0.25, 0.3) is 11.3 Å². The number of anilines is 1. The van der Waals surface area contributed by atoms with E-state index in [1.165, 1.54) is 36.8 Å². The van der Waals surface area contributed by atoms with E-state index >= 15 is 0 Å². The van der Waals surface area contributed by atoms with Gasteiger partial charge in [-0.2, -0.15) is 0 Å². The number of benzene rings is 2. The number of amides is 1. The monoisotopic (exact) mass is 455 g/mol. The predicted octanol–water partition coefficient (Wildman–Crippen LogP) is 5.94. The minimum atomic E-state index is 0.0267. The zero-order valence-electron chi connectivity index (χ0n) is 20.0. The molecule has 34 heavy (non-hydrogen) atoms. The number of fused-ring (bicyclic) bond motifs is 3. The average molecular weight is 456 g/mol. The lowest BCUT2D eigenvalue weighted by Crippen LogP contribution is -2.19. The van der Waals surface area contributed by atoms with Crippen LogP contribution in [0.2, 0.25) is 0 Å². The highest BCUT2D eigenvalue weighted by Crippen LogP contribution is 2.36. The molecular formula is C29H33N3O2. The van der Waals surface area contributed by atoms with Crippen LogP contribution >= 0.6 is 0 Å². The molecule has 2 aromatic carbocycles. The predicted molar refractivity (Wildman–Crippen MR) is 135 cm³/mol. The summed E-state index contributed by atoms with van der Waals surface area (Å²) in [4.78, 5) is 23.0. The Hall–Kier alpha value is -3.21. The molecule has 5 rings (SSSR count). The number of rotatable bonds is 8. The van der Waals surface area contributed by atoms with Crippen LogP contribution in [0.4, 0.5) is 5.82 Å². The van der Waals surface area contributed by atoms with Gasteiger partial charge in [0.2, 0.25) is 5.91 Å². The van der Waals surface area contributed by atoms with Crippen molar-refractivity contribution in [1.29, 1.82) is 0 Å². The number of ether oxygens (including phenoxy) is 1. The van der Waals surface area contributed by atoms with Gasteiger partial charge in [-0.25, -0.2) is 9.97 Å². The molecule has 1 aromatic heterocycles. The van der Waals surface area contributed by atoms with E-state index in [9.17, 15) is 4.79 Å². The normalized spacial score (nSPS) is 15.0. The maximum atomic E-state index is 12.8. The number of hydrogen-bond acceptors (Lipinski definition) is 4. The Kier molecular flexibility index (Phi) is 6.89.